The Bertz CT molecular complexity index is 638. The van der Waals surface area contributed by atoms with Crippen LogP contribution in [0, 0.1) is 12.7 Å². The van der Waals surface area contributed by atoms with Crippen LogP contribution >= 0.6 is 15.9 Å². The molecule has 0 aromatic heterocycles. The molecule has 0 saturated heterocycles. The zero-order valence-corrected chi connectivity index (χ0v) is 12.1. The summed E-state index contributed by atoms with van der Waals surface area (Å²) < 4.78 is 19.5. The molecule has 0 heterocycles. The Hall–Kier alpha value is -1.68. The standard InChI is InChI=1S/C15H12BrFO2/c1-9-7-10(3-6-14(9)19-2)15(18)12-8-11(16)4-5-13(12)17/h3-8H,1-2H3. The topological polar surface area (TPSA) is 26.3 Å². The van der Waals surface area contributed by atoms with E-state index >= 15 is 0 Å². The first-order valence-corrected chi connectivity index (χ1v) is 6.46. The van der Waals surface area contributed by atoms with Gasteiger partial charge in [0.1, 0.15) is 11.6 Å². The van der Waals surface area contributed by atoms with Crippen LogP contribution in [0.4, 0.5) is 4.39 Å². The molecule has 0 bridgehead atoms. The zero-order valence-electron chi connectivity index (χ0n) is 10.5. The SMILES string of the molecule is COc1ccc(C(=O)c2cc(Br)ccc2F)cc1C. The molecule has 0 unspecified atom stereocenters. The fraction of sp³-hybridized carbons (Fsp3) is 0.133. The van der Waals surface area contributed by atoms with Crippen LogP contribution in [0.2, 0.25) is 0 Å². The maximum Gasteiger partial charge on any atom is 0.196 e. The van der Waals surface area contributed by atoms with Crippen molar-refractivity contribution in [2.24, 2.45) is 0 Å². The summed E-state index contributed by atoms with van der Waals surface area (Å²) in [4.78, 5) is 12.3. The molecule has 0 N–H and O–H groups in total. The highest BCUT2D eigenvalue weighted by Crippen LogP contribution is 2.23. The maximum absolute atomic E-state index is 13.7. The predicted molar refractivity (Wildman–Crippen MR) is 75.3 cm³/mol. The molecule has 0 aliphatic rings. The molecule has 0 aliphatic carbocycles. The molecule has 2 rings (SSSR count). The van der Waals surface area contributed by atoms with Crippen LogP contribution in [0.25, 0.3) is 0 Å². The Morgan fingerprint density at radius 1 is 1.21 bits per heavy atom. The van der Waals surface area contributed by atoms with Crippen LogP contribution in [0.5, 0.6) is 5.75 Å². The van der Waals surface area contributed by atoms with Gasteiger partial charge in [-0.25, -0.2) is 4.39 Å². The second-order valence-corrected chi connectivity index (χ2v) is 5.05. The van der Waals surface area contributed by atoms with E-state index in [-0.39, 0.29) is 11.3 Å². The first-order chi connectivity index (χ1) is 9.02. The number of hydrogen-bond donors (Lipinski definition) is 0. The molecule has 19 heavy (non-hydrogen) atoms. The number of hydrogen-bond acceptors (Lipinski definition) is 2. The molecule has 98 valence electrons. The van der Waals surface area contributed by atoms with E-state index in [1.54, 1.807) is 31.4 Å². The maximum atomic E-state index is 13.7. The predicted octanol–water partition coefficient (Wildman–Crippen LogP) is 4.14. The van der Waals surface area contributed by atoms with Gasteiger partial charge < -0.3 is 4.74 Å². The highest BCUT2D eigenvalue weighted by Gasteiger charge is 2.15. The summed E-state index contributed by atoms with van der Waals surface area (Å²) in [6, 6.07) is 9.35. The van der Waals surface area contributed by atoms with Crippen molar-refractivity contribution >= 4 is 21.7 Å². The third kappa shape index (κ3) is 2.84. The summed E-state index contributed by atoms with van der Waals surface area (Å²) in [5.74, 6) is -0.169. The first kappa shape index (κ1) is 13.7. The van der Waals surface area contributed by atoms with Crippen LogP contribution in [-0.2, 0) is 0 Å². The van der Waals surface area contributed by atoms with Gasteiger partial charge in [0, 0.05) is 10.0 Å². The summed E-state index contributed by atoms with van der Waals surface area (Å²) in [6.07, 6.45) is 0. The molecular formula is C15H12BrFO2. The fourth-order valence-corrected chi connectivity index (χ4v) is 2.21. The zero-order chi connectivity index (χ0) is 14.0. The van der Waals surface area contributed by atoms with E-state index in [1.807, 2.05) is 6.92 Å². The number of carbonyl (C=O) groups is 1. The fourth-order valence-electron chi connectivity index (χ4n) is 1.85. The Kier molecular flexibility index (Phi) is 4.00. The van der Waals surface area contributed by atoms with Crippen molar-refractivity contribution in [3.8, 4) is 5.75 Å². The van der Waals surface area contributed by atoms with E-state index in [0.29, 0.717) is 15.8 Å². The Morgan fingerprint density at radius 2 is 1.95 bits per heavy atom. The van der Waals surface area contributed by atoms with Gasteiger partial charge >= 0.3 is 0 Å². The molecule has 2 aromatic carbocycles. The smallest absolute Gasteiger partial charge is 0.196 e. The number of methoxy groups -OCH3 is 1. The lowest BCUT2D eigenvalue weighted by atomic mass is 10.0. The Morgan fingerprint density at radius 3 is 2.58 bits per heavy atom. The van der Waals surface area contributed by atoms with Crippen LogP contribution < -0.4 is 4.74 Å². The van der Waals surface area contributed by atoms with Crippen molar-refractivity contribution in [2.45, 2.75) is 6.92 Å². The molecule has 0 spiro atoms. The largest absolute Gasteiger partial charge is 0.496 e. The molecule has 0 saturated carbocycles. The van der Waals surface area contributed by atoms with Crippen molar-refractivity contribution in [1.29, 1.82) is 0 Å². The number of ether oxygens (including phenoxy) is 1. The van der Waals surface area contributed by atoms with Gasteiger partial charge in [-0.3, -0.25) is 4.79 Å². The van der Waals surface area contributed by atoms with Crippen molar-refractivity contribution in [3.63, 3.8) is 0 Å². The van der Waals surface area contributed by atoms with E-state index in [1.165, 1.54) is 12.1 Å². The van der Waals surface area contributed by atoms with Gasteiger partial charge in [-0.2, -0.15) is 0 Å². The molecule has 0 aliphatic heterocycles. The highest BCUT2D eigenvalue weighted by molar-refractivity contribution is 9.10. The summed E-state index contributed by atoms with van der Waals surface area (Å²) in [5.41, 5.74) is 1.33. The summed E-state index contributed by atoms with van der Waals surface area (Å²) in [5, 5.41) is 0. The molecule has 2 nitrogen and oxygen atoms in total. The van der Waals surface area contributed by atoms with Crippen molar-refractivity contribution < 1.29 is 13.9 Å². The van der Waals surface area contributed by atoms with Gasteiger partial charge in [0.2, 0.25) is 0 Å². The van der Waals surface area contributed by atoms with Gasteiger partial charge in [0.25, 0.3) is 0 Å². The normalized spacial score (nSPS) is 10.3. The van der Waals surface area contributed by atoms with Crippen LogP contribution in [0.15, 0.2) is 40.9 Å². The number of aryl methyl sites for hydroxylation is 1. The summed E-state index contributed by atoms with van der Waals surface area (Å²) in [6.45, 7) is 1.84. The van der Waals surface area contributed by atoms with Gasteiger partial charge in [0.15, 0.2) is 5.78 Å². The monoisotopic (exact) mass is 322 g/mol. The Balaban J connectivity index is 2.44. The van der Waals surface area contributed by atoms with Crippen LogP contribution in [-0.4, -0.2) is 12.9 Å². The average Bonchev–Trinajstić information content (AvgIpc) is 2.40. The minimum atomic E-state index is -0.526. The lowest BCUT2D eigenvalue weighted by molar-refractivity contribution is 0.103. The number of carbonyl (C=O) groups excluding carboxylic acids is 1. The van der Waals surface area contributed by atoms with E-state index < -0.39 is 5.82 Å². The molecule has 0 radical (unpaired) electrons. The third-order valence-electron chi connectivity index (χ3n) is 2.83. The number of halogens is 2. The van der Waals surface area contributed by atoms with E-state index in [0.717, 1.165) is 5.56 Å². The second kappa shape index (κ2) is 5.53. The third-order valence-corrected chi connectivity index (χ3v) is 3.32. The molecule has 0 atom stereocenters. The second-order valence-electron chi connectivity index (χ2n) is 4.14. The molecule has 0 fully saturated rings. The molecule has 2 aromatic rings. The molecule has 4 heteroatoms. The van der Waals surface area contributed by atoms with E-state index in [2.05, 4.69) is 15.9 Å². The van der Waals surface area contributed by atoms with Gasteiger partial charge in [-0.15, -0.1) is 0 Å². The first-order valence-electron chi connectivity index (χ1n) is 5.67. The van der Waals surface area contributed by atoms with Crippen molar-refractivity contribution in [3.05, 3.63) is 63.4 Å². The summed E-state index contributed by atoms with van der Waals surface area (Å²) >= 11 is 3.24. The average molecular weight is 323 g/mol. The van der Waals surface area contributed by atoms with E-state index in [9.17, 15) is 9.18 Å². The van der Waals surface area contributed by atoms with Gasteiger partial charge in [-0.05, 0) is 48.9 Å². The minimum absolute atomic E-state index is 0.0546. The molecular weight excluding hydrogens is 311 g/mol. The number of rotatable bonds is 3. The Labute approximate surface area is 119 Å². The van der Waals surface area contributed by atoms with Crippen molar-refractivity contribution in [1.82, 2.24) is 0 Å². The summed E-state index contributed by atoms with van der Waals surface area (Å²) in [7, 11) is 1.57. The van der Waals surface area contributed by atoms with E-state index in [4.69, 9.17) is 4.74 Å². The lowest BCUT2D eigenvalue weighted by Gasteiger charge is -2.07. The van der Waals surface area contributed by atoms with Crippen LogP contribution in [0.1, 0.15) is 21.5 Å². The number of ketones is 1. The quantitative estimate of drug-likeness (QED) is 0.794. The van der Waals surface area contributed by atoms with Crippen molar-refractivity contribution in [2.75, 3.05) is 7.11 Å². The number of benzene rings is 2. The molecule has 0 amide bonds. The van der Waals surface area contributed by atoms with Gasteiger partial charge in [-0.1, -0.05) is 15.9 Å². The van der Waals surface area contributed by atoms with Crippen LogP contribution in [0.3, 0.4) is 0 Å². The highest BCUT2D eigenvalue weighted by atomic mass is 79.9. The lowest BCUT2D eigenvalue weighted by Crippen LogP contribution is -2.05. The van der Waals surface area contributed by atoms with Gasteiger partial charge in [0.05, 0.1) is 12.7 Å². The minimum Gasteiger partial charge on any atom is -0.496 e.